The maximum absolute atomic E-state index is 12.7. The number of hydrogen-bond donors (Lipinski definition) is 2. The third-order valence-electron chi connectivity index (χ3n) is 4.54. The molecule has 9 heteroatoms. The zero-order chi connectivity index (χ0) is 24.4. The van der Waals surface area contributed by atoms with Gasteiger partial charge in [0.1, 0.15) is 12.4 Å². The number of carbonyl (C=O) groups is 3. The van der Waals surface area contributed by atoms with Crippen LogP contribution in [0.4, 0.5) is 5.69 Å². The molecule has 0 spiro atoms. The summed E-state index contributed by atoms with van der Waals surface area (Å²) < 4.78 is 21.2. The molecule has 2 aromatic rings. The van der Waals surface area contributed by atoms with Crippen LogP contribution in [0.2, 0.25) is 0 Å². The molecule has 9 nitrogen and oxygen atoms in total. The molecule has 0 aliphatic rings. The number of methoxy groups -OCH3 is 2. The van der Waals surface area contributed by atoms with Crippen LogP contribution in [0, 0.1) is 12.8 Å². The molecule has 2 amide bonds. The van der Waals surface area contributed by atoms with E-state index in [0.717, 1.165) is 5.56 Å². The Morgan fingerprint density at radius 2 is 1.70 bits per heavy atom. The van der Waals surface area contributed by atoms with Crippen molar-refractivity contribution in [2.24, 2.45) is 5.92 Å². The lowest BCUT2D eigenvalue weighted by Crippen LogP contribution is -2.32. The van der Waals surface area contributed by atoms with Crippen molar-refractivity contribution < 1.29 is 33.3 Å². The van der Waals surface area contributed by atoms with E-state index in [-0.39, 0.29) is 42.0 Å². The number of benzene rings is 2. The second kappa shape index (κ2) is 12.3. The molecule has 0 fully saturated rings. The van der Waals surface area contributed by atoms with Crippen molar-refractivity contribution >= 4 is 23.5 Å². The summed E-state index contributed by atoms with van der Waals surface area (Å²) in [7, 11) is 2.86. The first-order valence-electron chi connectivity index (χ1n) is 10.4. The Hall–Kier alpha value is -3.75. The van der Waals surface area contributed by atoms with E-state index < -0.39 is 18.5 Å². The smallest absolute Gasteiger partial charge is 0.340 e. The van der Waals surface area contributed by atoms with Crippen LogP contribution in [0.15, 0.2) is 36.4 Å². The molecule has 0 saturated heterocycles. The predicted octanol–water partition coefficient (Wildman–Crippen LogP) is 2.96. The van der Waals surface area contributed by atoms with E-state index in [2.05, 4.69) is 10.6 Å². The lowest BCUT2D eigenvalue weighted by molar-refractivity contribution is -0.124. The number of ether oxygens (including phenoxy) is 4. The lowest BCUT2D eigenvalue weighted by Gasteiger charge is -2.16. The first-order valence-corrected chi connectivity index (χ1v) is 10.4. The number of aryl methyl sites for hydroxylation is 1. The molecule has 2 rings (SSSR count). The maximum Gasteiger partial charge on any atom is 0.340 e. The normalized spacial score (nSPS) is 10.4. The van der Waals surface area contributed by atoms with Crippen LogP contribution in [0.3, 0.4) is 0 Å². The Bertz CT molecular complexity index is 989. The van der Waals surface area contributed by atoms with Gasteiger partial charge in [0.05, 0.1) is 32.0 Å². The molecular weight excluding hydrogens is 428 g/mol. The Balaban J connectivity index is 1.95. The summed E-state index contributed by atoms with van der Waals surface area (Å²) in [5.74, 6) is -0.549. The highest BCUT2D eigenvalue weighted by Crippen LogP contribution is 2.34. The van der Waals surface area contributed by atoms with E-state index >= 15 is 0 Å². The van der Waals surface area contributed by atoms with E-state index in [0.29, 0.717) is 11.5 Å². The molecule has 2 N–H and O–H groups in total. The van der Waals surface area contributed by atoms with Crippen LogP contribution in [0.1, 0.15) is 29.8 Å². The molecule has 0 radical (unpaired) electrons. The van der Waals surface area contributed by atoms with Gasteiger partial charge >= 0.3 is 5.97 Å². The molecule has 0 atom stereocenters. The summed E-state index contributed by atoms with van der Waals surface area (Å²) in [5.41, 5.74) is 1.31. The zero-order valence-electron chi connectivity index (χ0n) is 19.5. The van der Waals surface area contributed by atoms with Crippen molar-refractivity contribution in [3.63, 3.8) is 0 Å². The average Bonchev–Trinajstić information content (AvgIpc) is 2.79. The first-order chi connectivity index (χ1) is 15.7. The Kier molecular flexibility index (Phi) is 9.53. The second-order valence-electron chi connectivity index (χ2n) is 7.49. The van der Waals surface area contributed by atoms with Gasteiger partial charge in [0, 0.05) is 18.1 Å². The first kappa shape index (κ1) is 25.5. The topological polar surface area (TPSA) is 112 Å². The summed E-state index contributed by atoms with van der Waals surface area (Å²) in [5, 5.41) is 5.29. The molecule has 0 aliphatic heterocycles. The highest BCUT2D eigenvalue weighted by Gasteiger charge is 2.21. The molecule has 0 unspecified atom stereocenters. The van der Waals surface area contributed by atoms with Gasteiger partial charge in [-0.15, -0.1) is 0 Å². The van der Waals surface area contributed by atoms with Crippen molar-refractivity contribution in [1.29, 1.82) is 0 Å². The fraction of sp³-hybridized carbons (Fsp3) is 0.375. The Morgan fingerprint density at radius 1 is 1.00 bits per heavy atom. The van der Waals surface area contributed by atoms with E-state index in [1.54, 1.807) is 13.8 Å². The maximum atomic E-state index is 12.7. The van der Waals surface area contributed by atoms with E-state index in [9.17, 15) is 14.4 Å². The van der Waals surface area contributed by atoms with Gasteiger partial charge in [0.15, 0.2) is 18.1 Å². The third-order valence-corrected chi connectivity index (χ3v) is 4.54. The monoisotopic (exact) mass is 458 g/mol. The lowest BCUT2D eigenvalue weighted by atomic mass is 10.1. The summed E-state index contributed by atoms with van der Waals surface area (Å²) in [6, 6.07) is 10.4. The van der Waals surface area contributed by atoms with Gasteiger partial charge in [0.25, 0.3) is 5.91 Å². The van der Waals surface area contributed by atoms with Gasteiger partial charge in [0.2, 0.25) is 5.91 Å². The van der Waals surface area contributed by atoms with Gasteiger partial charge in [-0.05, 0) is 24.6 Å². The number of nitrogens with one attached hydrogen (secondary N) is 2. The van der Waals surface area contributed by atoms with Crippen molar-refractivity contribution in [1.82, 2.24) is 5.32 Å². The summed E-state index contributed by atoms with van der Waals surface area (Å²) in [6.07, 6.45) is 0. The highest BCUT2D eigenvalue weighted by molar-refractivity contribution is 6.03. The van der Waals surface area contributed by atoms with Crippen LogP contribution in [0.5, 0.6) is 17.2 Å². The largest absolute Gasteiger partial charge is 0.493 e. The average molecular weight is 459 g/mol. The van der Waals surface area contributed by atoms with Crippen molar-refractivity contribution in [2.75, 3.05) is 39.3 Å². The molecule has 0 aliphatic carbocycles. The number of amides is 2. The molecule has 0 aromatic heterocycles. The van der Waals surface area contributed by atoms with E-state index in [1.807, 2.05) is 31.2 Å². The third kappa shape index (κ3) is 7.71. The van der Waals surface area contributed by atoms with Crippen LogP contribution < -0.4 is 24.8 Å². The number of hydrogen-bond acceptors (Lipinski definition) is 7. The second-order valence-corrected chi connectivity index (χ2v) is 7.49. The standard InChI is InChI=1S/C24H30N2O7/c1-15(2)23(28)26-19-13-21(31-5)20(30-4)12-18(19)24(29)33-14-22(27)25-9-10-32-17-8-6-7-16(3)11-17/h6-8,11-13,15H,9-10,14H2,1-5H3,(H,25,27)(H,26,28). The number of carbonyl (C=O) groups excluding carboxylic acids is 3. The number of esters is 1. The molecular formula is C24H30N2O7. The minimum atomic E-state index is -0.791. The molecule has 0 heterocycles. The Labute approximate surface area is 193 Å². The molecule has 0 saturated carbocycles. The van der Waals surface area contributed by atoms with Gasteiger partial charge in [-0.1, -0.05) is 26.0 Å². The highest BCUT2D eigenvalue weighted by atomic mass is 16.5. The predicted molar refractivity (Wildman–Crippen MR) is 123 cm³/mol. The molecule has 0 bridgehead atoms. The molecule has 178 valence electrons. The van der Waals surface area contributed by atoms with Crippen LogP contribution in [-0.4, -0.2) is 51.8 Å². The van der Waals surface area contributed by atoms with Gasteiger partial charge in [-0.3, -0.25) is 9.59 Å². The van der Waals surface area contributed by atoms with Crippen molar-refractivity contribution in [3.05, 3.63) is 47.5 Å². The van der Waals surface area contributed by atoms with Crippen molar-refractivity contribution in [2.45, 2.75) is 20.8 Å². The Morgan fingerprint density at radius 3 is 2.33 bits per heavy atom. The minimum absolute atomic E-state index is 0.0391. The van der Waals surface area contributed by atoms with Crippen LogP contribution in [-0.2, 0) is 14.3 Å². The van der Waals surface area contributed by atoms with Gasteiger partial charge in [-0.25, -0.2) is 4.79 Å². The van der Waals surface area contributed by atoms with Crippen LogP contribution >= 0.6 is 0 Å². The minimum Gasteiger partial charge on any atom is -0.493 e. The van der Waals surface area contributed by atoms with Gasteiger partial charge < -0.3 is 29.6 Å². The SMILES string of the molecule is COc1cc(NC(=O)C(C)C)c(C(=O)OCC(=O)NCCOc2cccc(C)c2)cc1OC. The quantitative estimate of drug-likeness (QED) is 0.393. The summed E-state index contributed by atoms with van der Waals surface area (Å²) >= 11 is 0. The number of anilines is 1. The van der Waals surface area contributed by atoms with Gasteiger partial charge in [-0.2, -0.15) is 0 Å². The van der Waals surface area contributed by atoms with E-state index in [4.69, 9.17) is 18.9 Å². The molecule has 2 aromatic carbocycles. The fourth-order valence-corrected chi connectivity index (χ4v) is 2.75. The summed E-state index contributed by atoms with van der Waals surface area (Å²) in [6.45, 7) is 5.43. The number of rotatable bonds is 11. The fourth-order valence-electron chi connectivity index (χ4n) is 2.75. The van der Waals surface area contributed by atoms with Crippen molar-refractivity contribution in [3.8, 4) is 17.2 Å². The summed E-state index contributed by atoms with van der Waals surface area (Å²) in [4.78, 5) is 36.9. The zero-order valence-corrected chi connectivity index (χ0v) is 19.5. The molecule has 33 heavy (non-hydrogen) atoms. The van der Waals surface area contributed by atoms with Crippen LogP contribution in [0.25, 0.3) is 0 Å². The van der Waals surface area contributed by atoms with E-state index in [1.165, 1.54) is 26.4 Å².